The van der Waals surface area contributed by atoms with E-state index in [2.05, 4.69) is 45.4 Å². The minimum absolute atomic E-state index is 0.868. The van der Waals surface area contributed by atoms with E-state index in [1.807, 2.05) is 29.8 Å². The van der Waals surface area contributed by atoms with Crippen molar-refractivity contribution in [3.8, 4) is 0 Å². The van der Waals surface area contributed by atoms with E-state index in [9.17, 15) is 0 Å². The van der Waals surface area contributed by atoms with Crippen molar-refractivity contribution in [1.29, 1.82) is 0 Å². The van der Waals surface area contributed by atoms with Gasteiger partial charge in [0.05, 0.1) is 16.7 Å². The summed E-state index contributed by atoms with van der Waals surface area (Å²) in [5.41, 5.74) is 3.37. The fourth-order valence-electron chi connectivity index (χ4n) is 1.75. The lowest BCUT2D eigenvalue weighted by molar-refractivity contribution is 0.615. The highest BCUT2D eigenvalue weighted by atomic mass is 79.9. The van der Waals surface area contributed by atoms with Gasteiger partial charge >= 0.3 is 0 Å². The number of hydrogen-bond donors (Lipinski definition) is 1. The molecule has 17 heavy (non-hydrogen) atoms. The Balaban J connectivity index is 1.92. The van der Waals surface area contributed by atoms with Crippen LogP contribution in [0.5, 0.6) is 0 Å². The van der Waals surface area contributed by atoms with E-state index in [-0.39, 0.29) is 0 Å². The molecule has 2 rings (SSSR count). The van der Waals surface area contributed by atoms with Crippen LogP contribution in [0.2, 0.25) is 0 Å². The average molecular weight is 294 g/mol. The van der Waals surface area contributed by atoms with Crippen LogP contribution in [0, 0.1) is 13.8 Å². The molecule has 1 heterocycles. The lowest BCUT2D eigenvalue weighted by Gasteiger charge is -2.07. The monoisotopic (exact) mass is 293 g/mol. The van der Waals surface area contributed by atoms with Gasteiger partial charge in [-0.2, -0.15) is 5.10 Å². The van der Waals surface area contributed by atoms with Gasteiger partial charge in [0, 0.05) is 17.9 Å². The van der Waals surface area contributed by atoms with Crippen LogP contribution >= 0.6 is 15.9 Å². The van der Waals surface area contributed by atoms with Gasteiger partial charge in [0.1, 0.15) is 0 Å². The summed E-state index contributed by atoms with van der Waals surface area (Å²) in [5, 5.41) is 7.84. The molecule has 0 saturated carbocycles. The summed E-state index contributed by atoms with van der Waals surface area (Å²) in [5.74, 6) is 0. The Morgan fingerprint density at radius 1 is 1.24 bits per heavy atom. The second kappa shape index (κ2) is 5.36. The summed E-state index contributed by atoms with van der Waals surface area (Å²) < 4.78 is 3.13. The Bertz CT molecular complexity index is 491. The second-order valence-electron chi connectivity index (χ2n) is 4.00. The van der Waals surface area contributed by atoms with E-state index in [0.29, 0.717) is 0 Å². The van der Waals surface area contributed by atoms with Gasteiger partial charge in [0.2, 0.25) is 0 Å². The lowest BCUT2D eigenvalue weighted by atomic mass is 10.3. The van der Waals surface area contributed by atoms with Crippen LogP contribution in [-0.2, 0) is 6.54 Å². The predicted octanol–water partition coefficient (Wildman–Crippen LogP) is 3.37. The highest BCUT2D eigenvalue weighted by Gasteiger charge is 2.07. The van der Waals surface area contributed by atoms with Crippen molar-refractivity contribution in [1.82, 2.24) is 9.78 Å². The predicted molar refractivity (Wildman–Crippen MR) is 74.3 cm³/mol. The number of aromatic nitrogens is 2. The second-order valence-corrected chi connectivity index (χ2v) is 4.79. The molecule has 0 atom stereocenters. The number of benzene rings is 1. The first-order valence-electron chi connectivity index (χ1n) is 5.67. The number of rotatable bonds is 4. The van der Waals surface area contributed by atoms with Gasteiger partial charge in [-0.1, -0.05) is 18.2 Å². The minimum Gasteiger partial charge on any atom is -0.383 e. The first-order valence-corrected chi connectivity index (χ1v) is 6.46. The third kappa shape index (κ3) is 2.88. The van der Waals surface area contributed by atoms with Gasteiger partial charge in [-0.25, -0.2) is 0 Å². The van der Waals surface area contributed by atoms with Gasteiger partial charge in [-0.05, 0) is 41.9 Å². The SMILES string of the molecule is Cc1nn(CCNc2ccccc2)c(C)c1Br. The highest BCUT2D eigenvalue weighted by molar-refractivity contribution is 9.10. The molecule has 0 aliphatic rings. The lowest BCUT2D eigenvalue weighted by Crippen LogP contribution is -2.12. The third-order valence-electron chi connectivity index (χ3n) is 2.72. The Hall–Kier alpha value is -1.29. The first-order chi connectivity index (χ1) is 8.18. The van der Waals surface area contributed by atoms with Gasteiger partial charge in [0.25, 0.3) is 0 Å². The molecule has 0 amide bonds. The molecule has 0 saturated heterocycles. The van der Waals surface area contributed by atoms with E-state index in [1.165, 1.54) is 5.69 Å². The molecule has 0 unspecified atom stereocenters. The largest absolute Gasteiger partial charge is 0.383 e. The summed E-state index contributed by atoms with van der Waals surface area (Å²) in [6, 6.07) is 10.2. The van der Waals surface area contributed by atoms with Gasteiger partial charge in [-0.3, -0.25) is 4.68 Å². The minimum atomic E-state index is 0.868. The Labute approximate surface area is 110 Å². The molecular weight excluding hydrogens is 278 g/mol. The third-order valence-corrected chi connectivity index (χ3v) is 3.87. The van der Waals surface area contributed by atoms with Crippen LogP contribution < -0.4 is 5.32 Å². The maximum absolute atomic E-state index is 4.47. The molecule has 0 fully saturated rings. The zero-order valence-electron chi connectivity index (χ0n) is 10.1. The number of para-hydroxylation sites is 1. The standard InChI is InChI=1S/C13H16BrN3/c1-10-13(14)11(2)17(16-10)9-8-15-12-6-4-3-5-7-12/h3-7,15H,8-9H2,1-2H3. The molecule has 0 bridgehead atoms. The summed E-state index contributed by atoms with van der Waals surface area (Å²) >= 11 is 3.53. The Morgan fingerprint density at radius 2 is 1.94 bits per heavy atom. The fraction of sp³-hybridized carbons (Fsp3) is 0.308. The number of nitrogens with one attached hydrogen (secondary N) is 1. The maximum atomic E-state index is 4.47. The van der Waals surface area contributed by atoms with Crippen molar-refractivity contribution in [3.05, 3.63) is 46.2 Å². The summed E-state index contributed by atoms with van der Waals surface area (Å²) in [4.78, 5) is 0. The molecule has 0 aliphatic carbocycles. The highest BCUT2D eigenvalue weighted by Crippen LogP contribution is 2.19. The van der Waals surface area contributed by atoms with E-state index >= 15 is 0 Å². The molecule has 1 N–H and O–H groups in total. The smallest absolute Gasteiger partial charge is 0.0738 e. The van der Waals surface area contributed by atoms with E-state index in [1.54, 1.807) is 0 Å². The zero-order valence-corrected chi connectivity index (χ0v) is 11.7. The summed E-state index contributed by atoms with van der Waals surface area (Å²) in [6.07, 6.45) is 0. The van der Waals surface area contributed by atoms with Crippen molar-refractivity contribution >= 4 is 21.6 Å². The molecule has 1 aromatic heterocycles. The maximum Gasteiger partial charge on any atom is 0.0738 e. The van der Waals surface area contributed by atoms with E-state index in [0.717, 1.165) is 28.9 Å². The van der Waals surface area contributed by atoms with Crippen LogP contribution in [0.25, 0.3) is 0 Å². The number of hydrogen-bond acceptors (Lipinski definition) is 2. The van der Waals surface area contributed by atoms with Gasteiger partial charge in [-0.15, -0.1) is 0 Å². The number of aryl methyl sites for hydroxylation is 1. The van der Waals surface area contributed by atoms with Gasteiger partial charge in [0.15, 0.2) is 0 Å². The van der Waals surface area contributed by atoms with Crippen molar-refractivity contribution in [3.63, 3.8) is 0 Å². The Morgan fingerprint density at radius 3 is 2.53 bits per heavy atom. The normalized spacial score (nSPS) is 10.5. The summed E-state index contributed by atoms with van der Waals surface area (Å²) in [7, 11) is 0. The topological polar surface area (TPSA) is 29.9 Å². The molecule has 1 aromatic carbocycles. The molecule has 4 heteroatoms. The number of nitrogens with zero attached hydrogens (tertiary/aromatic N) is 2. The van der Waals surface area contributed by atoms with Crippen LogP contribution in [0.15, 0.2) is 34.8 Å². The van der Waals surface area contributed by atoms with Crippen LogP contribution in [0.3, 0.4) is 0 Å². The molecule has 3 nitrogen and oxygen atoms in total. The molecule has 0 radical (unpaired) electrons. The van der Waals surface area contributed by atoms with E-state index in [4.69, 9.17) is 0 Å². The molecule has 0 aliphatic heterocycles. The van der Waals surface area contributed by atoms with E-state index < -0.39 is 0 Å². The van der Waals surface area contributed by atoms with Crippen LogP contribution in [0.1, 0.15) is 11.4 Å². The van der Waals surface area contributed by atoms with Crippen molar-refractivity contribution in [2.24, 2.45) is 0 Å². The molecular formula is C13H16BrN3. The first kappa shape index (κ1) is 12.2. The number of halogens is 1. The van der Waals surface area contributed by atoms with Crippen molar-refractivity contribution in [2.45, 2.75) is 20.4 Å². The van der Waals surface area contributed by atoms with Gasteiger partial charge < -0.3 is 5.32 Å². The fourth-order valence-corrected chi connectivity index (χ4v) is 2.04. The summed E-state index contributed by atoms with van der Waals surface area (Å²) in [6.45, 7) is 5.83. The zero-order chi connectivity index (χ0) is 12.3. The van der Waals surface area contributed by atoms with Crippen LogP contribution in [0.4, 0.5) is 5.69 Å². The van der Waals surface area contributed by atoms with Crippen LogP contribution in [-0.4, -0.2) is 16.3 Å². The quantitative estimate of drug-likeness (QED) is 0.937. The molecule has 2 aromatic rings. The number of anilines is 1. The average Bonchev–Trinajstić information content (AvgIpc) is 2.59. The van der Waals surface area contributed by atoms with Crippen molar-refractivity contribution < 1.29 is 0 Å². The Kier molecular flexibility index (Phi) is 3.84. The van der Waals surface area contributed by atoms with Crippen molar-refractivity contribution in [2.75, 3.05) is 11.9 Å². The molecule has 0 spiro atoms. The molecule has 90 valence electrons.